The van der Waals surface area contributed by atoms with Gasteiger partial charge >= 0.3 is 0 Å². The van der Waals surface area contributed by atoms with Crippen molar-refractivity contribution >= 4 is 27.6 Å². The maximum Gasteiger partial charge on any atom is 0.261 e. The first kappa shape index (κ1) is 23.0. The largest absolute Gasteiger partial charge is 0.496 e. The molecule has 0 fully saturated rings. The molecule has 3 N–H and O–H groups in total. The number of nitrogens with one attached hydrogen (secondary N) is 3. The summed E-state index contributed by atoms with van der Waals surface area (Å²) in [5.74, 6) is 0.543. The third-order valence-electron chi connectivity index (χ3n) is 5.11. The molecule has 0 radical (unpaired) electrons. The first-order valence-electron chi connectivity index (χ1n) is 10.3. The van der Waals surface area contributed by atoms with Crippen LogP contribution in [0.5, 0.6) is 5.75 Å². The number of benzene rings is 3. The molecule has 0 spiro atoms. The highest BCUT2D eigenvalue weighted by molar-refractivity contribution is 7.92. The zero-order valence-corrected chi connectivity index (χ0v) is 19.6. The Morgan fingerprint density at radius 1 is 1.00 bits per heavy atom. The Morgan fingerprint density at radius 2 is 1.79 bits per heavy atom. The third-order valence-corrected chi connectivity index (χ3v) is 6.49. The van der Waals surface area contributed by atoms with Crippen LogP contribution in [0.4, 0.5) is 11.6 Å². The molecule has 1 aromatic heterocycles. The molecule has 174 valence electrons. The number of hydrogen-bond acceptors (Lipinski definition) is 6. The van der Waals surface area contributed by atoms with Crippen molar-refractivity contribution in [3.8, 4) is 17.1 Å². The molecule has 0 aliphatic carbocycles. The topological polar surface area (TPSA) is 126 Å². The van der Waals surface area contributed by atoms with Gasteiger partial charge in [0.1, 0.15) is 5.75 Å². The van der Waals surface area contributed by atoms with Gasteiger partial charge in [0.15, 0.2) is 5.82 Å². The quantitative estimate of drug-likeness (QED) is 0.367. The summed E-state index contributed by atoms with van der Waals surface area (Å²) in [7, 11) is -2.35. The third kappa shape index (κ3) is 4.91. The summed E-state index contributed by atoms with van der Waals surface area (Å²) in [6.45, 7) is 3.59. The fourth-order valence-electron chi connectivity index (χ4n) is 3.38. The number of hydrogen-bond donors (Lipinski definition) is 3. The lowest BCUT2D eigenvalue weighted by Gasteiger charge is -2.11. The van der Waals surface area contributed by atoms with Crippen LogP contribution in [0.15, 0.2) is 71.6 Å². The van der Waals surface area contributed by atoms with E-state index >= 15 is 0 Å². The van der Waals surface area contributed by atoms with E-state index in [1.54, 1.807) is 44.4 Å². The predicted octanol–water partition coefficient (Wildman–Crippen LogP) is 4.15. The summed E-state index contributed by atoms with van der Waals surface area (Å²) in [5, 5.41) is 9.43. The molecule has 0 bridgehead atoms. The summed E-state index contributed by atoms with van der Waals surface area (Å²) >= 11 is 0. The van der Waals surface area contributed by atoms with Crippen molar-refractivity contribution in [3.63, 3.8) is 0 Å². The fraction of sp³-hybridized carbons (Fsp3) is 0.125. The number of rotatable bonds is 7. The molecule has 4 aromatic rings. The number of carbonyl (C=O) groups is 1. The van der Waals surface area contributed by atoms with Gasteiger partial charge in [0.05, 0.1) is 17.6 Å². The molecule has 0 aliphatic rings. The Bertz CT molecular complexity index is 1460. The van der Waals surface area contributed by atoms with Crippen LogP contribution in [0.3, 0.4) is 0 Å². The highest BCUT2D eigenvalue weighted by atomic mass is 32.2. The molecule has 3 aromatic carbocycles. The Kier molecular flexibility index (Phi) is 6.33. The zero-order chi connectivity index (χ0) is 24.3. The van der Waals surface area contributed by atoms with E-state index in [2.05, 4.69) is 25.2 Å². The molecule has 1 heterocycles. The number of para-hydroxylation sites is 1. The van der Waals surface area contributed by atoms with Crippen molar-refractivity contribution in [2.45, 2.75) is 18.7 Å². The number of methoxy groups -OCH3 is 1. The van der Waals surface area contributed by atoms with Crippen molar-refractivity contribution in [3.05, 3.63) is 83.4 Å². The lowest BCUT2D eigenvalue weighted by molar-refractivity contribution is 0.102. The van der Waals surface area contributed by atoms with E-state index in [-0.39, 0.29) is 16.4 Å². The van der Waals surface area contributed by atoms with E-state index in [0.717, 1.165) is 5.56 Å². The Balaban J connectivity index is 1.56. The average molecular weight is 478 g/mol. The number of anilines is 2. The normalized spacial score (nSPS) is 11.1. The van der Waals surface area contributed by atoms with E-state index in [9.17, 15) is 13.2 Å². The van der Waals surface area contributed by atoms with Gasteiger partial charge < -0.3 is 4.74 Å². The average Bonchev–Trinajstić information content (AvgIpc) is 3.27. The number of nitrogens with zero attached hydrogens (tertiary/aromatic N) is 2. The van der Waals surface area contributed by atoms with Crippen LogP contribution in [0, 0.1) is 13.8 Å². The summed E-state index contributed by atoms with van der Waals surface area (Å²) < 4.78 is 33.7. The molecule has 34 heavy (non-hydrogen) atoms. The molecule has 0 aliphatic heterocycles. The second-order valence-electron chi connectivity index (χ2n) is 7.61. The number of H-pyrrole nitrogens is 1. The maximum atomic E-state index is 12.9. The van der Waals surface area contributed by atoms with Gasteiger partial charge in [-0.3, -0.25) is 19.9 Å². The fourth-order valence-corrected chi connectivity index (χ4v) is 4.46. The monoisotopic (exact) mass is 477 g/mol. The molecule has 4 rings (SSSR count). The molecule has 0 saturated heterocycles. The smallest absolute Gasteiger partial charge is 0.261 e. The number of aryl methyl sites for hydroxylation is 2. The van der Waals surface area contributed by atoms with E-state index in [4.69, 9.17) is 4.74 Å². The number of sulfonamides is 1. The second kappa shape index (κ2) is 9.36. The molecular weight excluding hydrogens is 454 g/mol. The number of ether oxygens (including phenoxy) is 1. The Hall–Kier alpha value is -4.18. The molecule has 0 atom stereocenters. The minimum Gasteiger partial charge on any atom is -0.496 e. The number of aromatic nitrogens is 3. The minimum atomic E-state index is -3.90. The second-order valence-corrected chi connectivity index (χ2v) is 9.30. The Labute approximate surface area is 197 Å². The van der Waals surface area contributed by atoms with E-state index < -0.39 is 15.9 Å². The van der Waals surface area contributed by atoms with Crippen LogP contribution in [-0.2, 0) is 10.0 Å². The summed E-state index contributed by atoms with van der Waals surface area (Å²) in [5.41, 5.74) is 2.84. The van der Waals surface area contributed by atoms with Crippen LogP contribution >= 0.6 is 0 Å². The van der Waals surface area contributed by atoms with Gasteiger partial charge in [0.25, 0.3) is 15.9 Å². The Morgan fingerprint density at radius 3 is 2.56 bits per heavy atom. The molecule has 0 unspecified atom stereocenters. The molecular formula is C24H23N5O4S. The van der Waals surface area contributed by atoms with Gasteiger partial charge in [-0.1, -0.05) is 30.3 Å². The number of aromatic amines is 1. The lowest BCUT2D eigenvalue weighted by atomic mass is 10.1. The molecule has 10 heteroatoms. The van der Waals surface area contributed by atoms with Gasteiger partial charge in [-0.2, -0.15) is 4.98 Å². The highest BCUT2D eigenvalue weighted by Gasteiger charge is 2.20. The molecule has 1 amide bonds. The van der Waals surface area contributed by atoms with Gasteiger partial charge in [-0.05, 0) is 61.4 Å². The van der Waals surface area contributed by atoms with Crippen molar-refractivity contribution in [2.75, 3.05) is 17.1 Å². The van der Waals surface area contributed by atoms with Gasteiger partial charge in [-0.15, -0.1) is 5.10 Å². The standard InChI is InChI=1S/C24H23N5O4S/c1-15-7-6-8-17(13-15)29-34(31,32)18-12-11-16(2)20(14-18)23(30)26-24-25-22(27-28-24)19-9-4-5-10-21(19)33-3/h4-14,29H,1-3H3,(H2,25,26,27,28,30). The van der Waals surface area contributed by atoms with Gasteiger partial charge in [0, 0.05) is 11.3 Å². The molecule has 0 saturated carbocycles. The number of amides is 1. The van der Waals surface area contributed by atoms with Crippen LogP contribution in [0.1, 0.15) is 21.5 Å². The summed E-state index contributed by atoms with van der Waals surface area (Å²) in [4.78, 5) is 17.2. The van der Waals surface area contributed by atoms with Gasteiger partial charge in [0.2, 0.25) is 5.95 Å². The predicted molar refractivity (Wildman–Crippen MR) is 129 cm³/mol. The first-order valence-corrected chi connectivity index (χ1v) is 11.8. The minimum absolute atomic E-state index is 0.0329. The van der Waals surface area contributed by atoms with Gasteiger partial charge in [-0.25, -0.2) is 8.42 Å². The van der Waals surface area contributed by atoms with E-state index in [1.165, 1.54) is 12.1 Å². The van der Waals surface area contributed by atoms with Crippen molar-refractivity contribution in [1.29, 1.82) is 0 Å². The van der Waals surface area contributed by atoms with E-state index in [0.29, 0.717) is 28.4 Å². The summed E-state index contributed by atoms with van der Waals surface area (Å²) in [6.07, 6.45) is 0. The van der Waals surface area contributed by atoms with Crippen LogP contribution in [-0.4, -0.2) is 36.6 Å². The maximum absolute atomic E-state index is 12.9. The highest BCUT2D eigenvalue weighted by Crippen LogP contribution is 2.27. The SMILES string of the molecule is COc1ccccc1-c1nc(NC(=O)c2cc(S(=O)(=O)Nc3cccc(C)c3)ccc2C)n[nH]1. The lowest BCUT2D eigenvalue weighted by Crippen LogP contribution is -2.17. The van der Waals surface area contributed by atoms with Crippen LogP contribution in [0.2, 0.25) is 0 Å². The first-order chi connectivity index (χ1) is 16.3. The van der Waals surface area contributed by atoms with E-state index in [1.807, 2.05) is 31.2 Å². The zero-order valence-electron chi connectivity index (χ0n) is 18.8. The van der Waals surface area contributed by atoms with Crippen LogP contribution < -0.4 is 14.8 Å². The van der Waals surface area contributed by atoms with Crippen molar-refractivity contribution in [2.24, 2.45) is 0 Å². The number of carbonyl (C=O) groups excluding carboxylic acids is 1. The summed E-state index contributed by atoms with van der Waals surface area (Å²) in [6, 6.07) is 18.6. The van der Waals surface area contributed by atoms with Crippen molar-refractivity contribution in [1.82, 2.24) is 15.2 Å². The molecule has 9 nitrogen and oxygen atoms in total. The van der Waals surface area contributed by atoms with Crippen molar-refractivity contribution < 1.29 is 17.9 Å². The van der Waals surface area contributed by atoms with Crippen LogP contribution in [0.25, 0.3) is 11.4 Å².